The first-order chi connectivity index (χ1) is 19.2. The molecule has 0 amide bonds. The second kappa shape index (κ2) is 55.7. The van der Waals surface area contributed by atoms with Crippen molar-refractivity contribution in [2.45, 2.75) is 41.5 Å². The summed E-state index contributed by atoms with van der Waals surface area (Å²) in [4.78, 5) is 0. The molecule has 4 aromatic rings. The molecule has 0 aliphatic heterocycles. The number of alkyl halides is 3. The van der Waals surface area contributed by atoms with Crippen molar-refractivity contribution in [1.82, 2.24) is 8.80 Å². The predicted octanol–water partition coefficient (Wildman–Crippen LogP) is 10.9. The molecule has 0 aliphatic carbocycles. The van der Waals surface area contributed by atoms with Crippen LogP contribution in [0.15, 0.2) is 85.5 Å². The van der Waals surface area contributed by atoms with E-state index in [-0.39, 0.29) is 65.4 Å². The average Bonchev–Trinajstić information content (AvgIpc) is 3.71. The van der Waals surface area contributed by atoms with E-state index < -0.39 is 0 Å². The van der Waals surface area contributed by atoms with E-state index in [1.165, 1.54) is 11.0 Å². The summed E-state index contributed by atoms with van der Waals surface area (Å²) in [6, 6.07) is 20.5. The first-order valence-electron chi connectivity index (χ1n) is 12.5. The van der Waals surface area contributed by atoms with E-state index in [9.17, 15) is 0 Å². The van der Waals surface area contributed by atoms with Gasteiger partial charge in [0, 0.05) is 112 Å². The average molecular weight is 900 g/mol. The maximum absolute atomic E-state index is 4.70. The Morgan fingerprint density at radius 3 is 1.05 bits per heavy atom. The molecule has 0 aromatic carbocycles. The fourth-order valence-corrected chi connectivity index (χ4v) is 2.03. The van der Waals surface area contributed by atoms with Gasteiger partial charge in [0.15, 0.2) is 0 Å². The van der Waals surface area contributed by atoms with Gasteiger partial charge >= 0.3 is 0 Å². The quantitative estimate of drug-likeness (QED) is 0.102. The Kier molecular flexibility index (Phi) is 77.0. The van der Waals surface area contributed by atoms with Crippen LogP contribution in [0.1, 0.15) is 41.5 Å². The van der Waals surface area contributed by atoms with E-state index in [0.29, 0.717) is 0 Å². The first kappa shape index (κ1) is 56.6. The monoisotopic (exact) mass is 897 g/mol. The summed E-state index contributed by atoms with van der Waals surface area (Å²) >= 11 is 9.44. The fraction of sp³-hybridized carbons (Fsp3) is 0.265. The summed E-state index contributed by atoms with van der Waals surface area (Å²) in [7, 11) is 0. The van der Waals surface area contributed by atoms with Crippen molar-refractivity contribution < 1.29 is 65.4 Å². The number of hydrogen-bond acceptors (Lipinski definition) is 0. The van der Waals surface area contributed by atoms with Crippen molar-refractivity contribution in [2.75, 3.05) is 16.0 Å². The minimum atomic E-state index is 0. The second-order valence-electron chi connectivity index (χ2n) is 5.19. The molecule has 2 radical (unpaired) electrons. The molecule has 222 valence electrons. The second-order valence-corrected chi connectivity index (χ2v) is 7.57. The summed E-state index contributed by atoms with van der Waals surface area (Å²) in [6.45, 7) is 21.4. The molecule has 0 spiro atoms. The largest absolute Gasteiger partial charge is 0.346 e. The minimum absolute atomic E-state index is 0. The van der Waals surface area contributed by atoms with Crippen LogP contribution < -0.4 is 0 Å². The third kappa shape index (κ3) is 39.8. The minimum Gasteiger partial charge on any atom is -0.346 e. The summed E-state index contributed by atoms with van der Waals surface area (Å²) in [6.07, 6.45) is 17.5. The topological polar surface area (TPSA) is 8.82 Å². The summed E-state index contributed by atoms with van der Waals surface area (Å²) < 4.78 is 4.17. The van der Waals surface area contributed by atoms with Gasteiger partial charge in [0.25, 0.3) is 0 Å². The van der Waals surface area contributed by atoms with Gasteiger partial charge in [-0.2, -0.15) is 13.8 Å². The number of aromatic nitrogens is 2. The smallest absolute Gasteiger partial charge is 0.0449 e. The van der Waals surface area contributed by atoms with Crippen molar-refractivity contribution >= 4 is 58.8 Å². The molecule has 0 saturated heterocycles. The first-order valence-corrected chi connectivity index (χ1v) is 15.9. The van der Waals surface area contributed by atoms with Crippen LogP contribution in [-0.4, -0.2) is 24.8 Å². The maximum Gasteiger partial charge on any atom is 0.0449 e. The third-order valence-electron chi connectivity index (χ3n) is 3.15. The standard InChI is InChI=1S/2C8H7N.C6H2.C2H4Br2.C2H4Br.2C2H6.2C2H5.2Y/c2*1-2-6-9-7-3-5-8(9)4-1;1-3-5-6-4-2;3-1-2-4;1-2-3;4*1-2;;/h2*1-7H;1-2H;1-2H2;1-2H2;2*1-2H3;2*1H2,2H3;;/q;;;;-1;;;2*-1;;. The van der Waals surface area contributed by atoms with E-state index >= 15 is 0 Å². The van der Waals surface area contributed by atoms with E-state index in [1.54, 1.807) is 13.8 Å². The fourth-order valence-electron chi connectivity index (χ4n) is 2.03. The molecule has 41 heavy (non-hydrogen) atoms. The number of terminal acetylenes is 2. The van der Waals surface area contributed by atoms with Gasteiger partial charge in [-0.15, -0.1) is 34.1 Å². The van der Waals surface area contributed by atoms with Crippen LogP contribution in [0.25, 0.3) is 11.0 Å². The van der Waals surface area contributed by atoms with E-state index in [4.69, 9.17) is 12.8 Å². The summed E-state index contributed by atoms with van der Waals surface area (Å²) in [5.74, 6) is 8.61. The van der Waals surface area contributed by atoms with Gasteiger partial charge < -0.3 is 29.6 Å². The third-order valence-corrected chi connectivity index (χ3v) is 5.01. The van der Waals surface area contributed by atoms with Gasteiger partial charge in [-0.05, 0) is 72.2 Å². The van der Waals surface area contributed by atoms with Gasteiger partial charge in [0.05, 0.1) is 0 Å². The maximum atomic E-state index is 4.70. The Morgan fingerprint density at radius 1 is 0.585 bits per heavy atom. The number of fused-ring (bicyclic) bond motifs is 2. The molecule has 0 bridgehead atoms. The van der Waals surface area contributed by atoms with Crippen molar-refractivity contribution in [2.24, 2.45) is 0 Å². The summed E-state index contributed by atoms with van der Waals surface area (Å²) in [5, 5.41) is 2.91. The molecule has 0 aliphatic rings. The number of rotatable bonds is 1. The Morgan fingerprint density at radius 2 is 0.829 bits per heavy atom. The molecule has 4 aromatic heterocycles. The van der Waals surface area contributed by atoms with E-state index in [1.807, 2.05) is 88.9 Å². The van der Waals surface area contributed by atoms with Gasteiger partial charge in [-0.1, -0.05) is 71.7 Å². The Labute approximate surface area is 329 Å². The molecule has 0 atom stereocenters. The van der Waals surface area contributed by atoms with Gasteiger partial charge in [0.1, 0.15) is 0 Å². The molecular weight excluding hydrogens is 854 g/mol. The molecule has 4 heterocycles. The van der Waals surface area contributed by atoms with Gasteiger partial charge in [-0.25, -0.2) is 0 Å². The molecule has 0 unspecified atom stereocenters. The predicted molar refractivity (Wildman–Crippen MR) is 192 cm³/mol. The molecule has 0 fully saturated rings. The molecular formula is C34H46Br3N2Y2-3. The zero-order valence-corrected chi connectivity index (χ0v) is 36.1. The number of halogens is 3. The van der Waals surface area contributed by atoms with Crippen molar-refractivity contribution in [3.63, 3.8) is 0 Å². The SMILES string of the molecule is BrCCBr.C#CC#CC#C.CC.CC.[CH2-]C.[CH2-]C.[CH2-]CBr.[Y].[Y].c1ccn2cccc2c1.c1ccn2cccc2c1. The molecule has 2 nitrogen and oxygen atoms in total. The summed E-state index contributed by atoms with van der Waals surface area (Å²) in [5.41, 5.74) is 2.50. The van der Waals surface area contributed by atoms with Crippen LogP contribution in [0.4, 0.5) is 0 Å². The normalized spacial score (nSPS) is 6.68. The molecule has 0 saturated carbocycles. The Bertz CT molecular complexity index is 969. The van der Waals surface area contributed by atoms with Crippen molar-refractivity contribution in [3.05, 3.63) is 106 Å². The number of pyridine rings is 2. The van der Waals surface area contributed by atoms with Crippen LogP contribution in [0.3, 0.4) is 0 Å². The van der Waals surface area contributed by atoms with Crippen LogP contribution in [0, 0.1) is 57.3 Å². The molecule has 4 rings (SSSR count). The van der Waals surface area contributed by atoms with Crippen LogP contribution in [0.5, 0.6) is 0 Å². The van der Waals surface area contributed by atoms with Crippen LogP contribution in [-0.2, 0) is 65.4 Å². The van der Waals surface area contributed by atoms with Crippen molar-refractivity contribution in [3.8, 4) is 36.5 Å². The number of nitrogens with zero attached hydrogens (tertiary/aromatic N) is 2. The number of hydrogen-bond donors (Lipinski definition) is 0. The molecule has 7 heteroatoms. The zero-order chi connectivity index (χ0) is 31.2. The van der Waals surface area contributed by atoms with Crippen molar-refractivity contribution in [1.29, 1.82) is 0 Å². The molecule has 0 N–H and O–H groups in total. The van der Waals surface area contributed by atoms with Gasteiger partial charge in [-0.3, -0.25) is 0 Å². The van der Waals surface area contributed by atoms with Crippen LogP contribution >= 0.6 is 47.8 Å². The van der Waals surface area contributed by atoms with Crippen LogP contribution in [0.2, 0.25) is 0 Å². The Hall–Kier alpha value is -0.152. The van der Waals surface area contributed by atoms with E-state index in [2.05, 4.69) is 125 Å². The van der Waals surface area contributed by atoms with E-state index in [0.717, 1.165) is 16.0 Å². The van der Waals surface area contributed by atoms with Gasteiger partial charge in [0.2, 0.25) is 0 Å². The zero-order valence-electron chi connectivity index (χ0n) is 25.7. The Balaban J connectivity index is -0.0000000683.